The van der Waals surface area contributed by atoms with Crippen LogP contribution in [0.5, 0.6) is 0 Å². The predicted octanol–water partition coefficient (Wildman–Crippen LogP) is 3.27. The van der Waals surface area contributed by atoms with Crippen molar-refractivity contribution in [1.82, 2.24) is 5.32 Å². The number of rotatable bonds is 2. The third-order valence-electron chi connectivity index (χ3n) is 1.63. The second-order valence-corrected chi connectivity index (χ2v) is 3.91. The Balaban J connectivity index is 2.54. The highest BCUT2D eigenvalue weighted by molar-refractivity contribution is 9.10. The molecule has 2 amide bonds. The molecular formula is C9H7BrF4N2O. The largest absolute Gasteiger partial charge is 0.405 e. The summed E-state index contributed by atoms with van der Waals surface area (Å²) >= 11 is 2.88. The molecule has 0 saturated carbocycles. The Kier molecular flexibility index (Phi) is 4.33. The van der Waals surface area contributed by atoms with Gasteiger partial charge in [-0.25, -0.2) is 9.18 Å². The number of amides is 2. The molecule has 0 aliphatic rings. The van der Waals surface area contributed by atoms with Crippen LogP contribution >= 0.6 is 15.9 Å². The van der Waals surface area contributed by atoms with Gasteiger partial charge in [0.15, 0.2) is 0 Å². The molecule has 0 aromatic heterocycles. The van der Waals surface area contributed by atoms with Crippen LogP contribution < -0.4 is 10.6 Å². The monoisotopic (exact) mass is 314 g/mol. The number of halogens is 5. The lowest BCUT2D eigenvalue weighted by Crippen LogP contribution is -2.36. The average molecular weight is 315 g/mol. The highest BCUT2D eigenvalue weighted by Crippen LogP contribution is 2.20. The van der Waals surface area contributed by atoms with Crippen LogP contribution in [0.25, 0.3) is 0 Å². The number of hydrogen-bond acceptors (Lipinski definition) is 1. The molecule has 0 saturated heterocycles. The van der Waals surface area contributed by atoms with E-state index in [1.54, 1.807) is 5.32 Å². The number of hydrogen-bond donors (Lipinski definition) is 2. The fourth-order valence-electron chi connectivity index (χ4n) is 0.930. The molecule has 0 unspecified atom stereocenters. The Morgan fingerprint density at radius 3 is 2.53 bits per heavy atom. The van der Waals surface area contributed by atoms with Gasteiger partial charge in [0, 0.05) is 5.69 Å². The first-order valence-corrected chi connectivity index (χ1v) is 5.14. The Labute approximate surface area is 102 Å². The van der Waals surface area contributed by atoms with Crippen LogP contribution in [0.15, 0.2) is 22.7 Å². The summed E-state index contributed by atoms with van der Waals surface area (Å²) in [5.74, 6) is -0.536. The van der Waals surface area contributed by atoms with Crippen molar-refractivity contribution < 1.29 is 22.4 Å². The zero-order valence-electron chi connectivity index (χ0n) is 8.24. The Morgan fingerprint density at radius 2 is 2.00 bits per heavy atom. The topological polar surface area (TPSA) is 41.1 Å². The van der Waals surface area contributed by atoms with Gasteiger partial charge in [0.05, 0.1) is 4.47 Å². The Hall–Kier alpha value is -1.31. The molecule has 1 aromatic rings. The van der Waals surface area contributed by atoms with E-state index in [2.05, 4.69) is 21.2 Å². The molecule has 2 N–H and O–H groups in total. The van der Waals surface area contributed by atoms with Gasteiger partial charge in [0.25, 0.3) is 0 Å². The first-order valence-electron chi connectivity index (χ1n) is 4.34. The van der Waals surface area contributed by atoms with Gasteiger partial charge < -0.3 is 10.6 Å². The fourth-order valence-corrected chi connectivity index (χ4v) is 1.31. The van der Waals surface area contributed by atoms with Crippen LogP contribution in [-0.2, 0) is 0 Å². The number of benzene rings is 1. The van der Waals surface area contributed by atoms with E-state index in [1.165, 1.54) is 12.1 Å². The maximum atomic E-state index is 12.8. The molecule has 0 atom stereocenters. The minimum absolute atomic E-state index is 0.103. The van der Waals surface area contributed by atoms with E-state index in [0.29, 0.717) is 0 Å². The van der Waals surface area contributed by atoms with Crippen molar-refractivity contribution in [3.63, 3.8) is 0 Å². The molecule has 0 bridgehead atoms. The van der Waals surface area contributed by atoms with Gasteiger partial charge in [0.1, 0.15) is 12.4 Å². The van der Waals surface area contributed by atoms with Crippen molar-refractivity contribution in [3.05, 3.63) is 28.5 Å². The summed E-state index contributed by atoms with van der Waals surface area (Å²) in [6.07, 6.45) is -4.47. The average Bonchev–Trinajstić information content (AvgIpc) is 2.20. The number of alkyl halides is 3. The van der Waals surface area contributed by atoms with Crippen LogP contribution in [-0.4, -0.2) is 18.8 Å². The van der Waals surface area contributed by atoms with Gasteiger partial charge in [-0.1, -0.05) is 0 Å². The standard InChI is InChI=1S/C9H7BrF4N2O/c10-6-3-5(1-2-7(6)11)16-8(17)15-4-9(12,13)14/h1-3H,4H2,(H2,15,16,17). The maximum Gasteiger partial charge on any atom is 0.405 e. The lowest BCUT2D eigenvalue weighted by atomic mass is 10.3. The summed E-state index contributed by atoms with van der Waals surface area (Å²) in [5, 5.41) is 3.76. The van der Waals surface area contributed by atoms with E-state index in [9.17, 15) is 22.4 Å². The summed E-state index contributed by atoms with van der Waals surface area (Å²) in [5.41, 5.74) is 0.179. The molecular weight excluding hydrogens is 308 g/mol. The summed E-state index contributed by atoms with van der Waals surface area (Å²) in [6.45, 7) is -1.43. The molecule has 0 spiro atoms. The van der Waals surface area contributed by atoms with Gasteiger partial charge in [0.2, 0.25) is 0 Å². The van der Waals surface area contributed by atoms with Crippen molar-refractivity contribution >= 4 is 27.6 Å². The number of nitrogens with one attached hydrogen (secondary N) is 2. The first-order chi connectivity index (χ1) is 7.78. The van der Waals surface area contributed by atoms with Gasteiger partial charge in [-0.05, 0) is 34.1 Å². The van der Waals surface area contributed by atoms with Crippen molar-refractivity contribution in [2.24, 2.45) is 0 Å². The van der Waals surface area contributed by atoms with Gasteiger partial charge in [-0.15, -0.1) is 0 Å². The zero-order valence-corrected chi connectivity index (χ0v) is 9.82. The number of urea groups is 1. The lowest BCUT2D eigenvalue weighted by Gasteiger charge is -2.10. The molecule has 0 radical (unpaired) electrons. The third-order valence-corrected chi connectivity index (χ3v) is 2.23. The van der Waals surface area contributed by atoms with Crippen LogP contribution in [0.2, 0.25) is 0 Å². The zero-order chi connectivity index (χ0) is 13.1. The van der Waals surface area contributed by atoms with E-state index >= 15 is 0 Å². The maximum absolute atomic E-state index is 12.8. The molecule has 0 heterocycles. The van der Waals surface area contributed by atoms with E-state index in [1.807, 2.05) is 0 Å². The second kappa shape index (κ2) is 5.35. The highest BCUT2D eigenvalue weighted by Gasteiger charge is 2.27. The lowest BCUT2D eigenvalue weighted by molar-refractivity contribution is -0.122. The number of carbonyl (C=O) groups excluding carboxylic acids is 1. The van der Waals surface area contributed by atoms with E-state index in [-0.39, 0.29) is 10.2 Å². The van der Waals surface area contributed by atoms with Crippen molar-refractivity contribution in [2.45, 2.75) is 6.18 Å². The van der Waals surface area contributed by atoms with Crippen molar-refractivity contribution in [2.75, 3.05) is 11.9 Å². The quantitative estimate of drug-likeness (QED) is 0.808. The molecule has 3 nitrogen and oxygen atoms in total. The van der Waals surface area contributed by atoms with E-state index < -0.39 is 24.6 Å². The van der Waals surface area contributed by atoms with E-state index in [4.69, 9.17) is 0 Å². The molecule has 0 fully saturated rings. The summed E-state index contributed by atoms with van der Waals surface area (Å²) in [4.78, 5) is 11.0. The normalized spacial score (nSPS) is 11.1. The Morgan fingerprint density at radius 1 is 1.35 bits per heavy atom. The second-order valence-electron chi connectivity index (χ2n) is 3.05. The third kappa shape index (κ3) is 5.03. The van der Waals surface area contributed by atoms with Gasteiger partial charge in [-0.2, -0.15) is 13.2 Å². The minimum Gasteiger partial charge on any atom is -0.329 e. The van der Waals surface area contributed by atoms with E-state index in [0.717, 1.165) is 6.07 Å². The van der Waals surface area contributed by atoms with Crippen LogP contribution in [0.4, 0.5) is 28.0 Å². The summed E-state index contributed by atoms with van der Waals surface area (Å²) < 4.78 is 48.2. The molecule has 0 aliphatic heterocycles. The number of anilines is 1. The smallest absolute Gasteiger partial charge is 0.329 e. The molecule has 17 heavy (non-hydrogen) atoms. The van der Waals surface area contributed by atoms with Gasteiger partial charge in [-0.3, -0.25) is 0 Å². The first kappa shape index (κ1) is 13.8. The van der Waals surface area contributed by atoms with Crippen molar-refractivity contribution in [3.8, 4) is 0 Å². The molecule has 8 heteroatoms. The molecule has 1 rings (SSSR count). The minimum atomic E-state index is -4.47. The molecule has 0 aliphatic carbocycles. The molecule has 94 valence electrons. The summed E-state index contributed by atoms with van der Waals surface area (Å²) in [6, 6.07) is 2.53. The summed E-state index contributed by atoms with van der Waals surface area (Å²) in [7, 11) is 0. The SMILES string of the molecule is O=C(NCC(F)(F)F)Nc1ccc(F)c(Br)c1. The highest BCUT2D eigenvalue weighted by atomic mass is 79.9. The Bertz CT molecular complexity index is 422. The van der Waals surface area contributed by atoms with Crippen LogP contribution in [0, 0.1) is 5.82 Å². The van der Waals surface area contributed by atoms with Gasteiger partial charge >= 0.3 is 12.2 Å². The van der Waals surface area contributed by atoms with Crippen LogP contribution in [0.3, 0.4) is 0 Å². The van der Waals surface area contributed by atoms with Crippen LogP contribution in [0.1, 0.15) is 0 Å². The predicted molar refractivity (Wildman–Crippen MR) is 57.2 cm³/mol. The fraction of sp³-hybridized carbons (Fsp3) is 0.222. The number of carbonyl (C=O) groups is 1. The van der Waals surface area contributed by atoms with Crippen molar-refractivity contribution in [1.29, 1.82) is 0 Å². The molecule has 1 aromatic carbocycles.